The molecule has 112 valence electrons. The fraction of sp³-hybridized carbons (Fsp3) is 0.667. The lowest BCUT2D eigenvalue weighted by Gasteiger charge is -2.23. The van der Waals surface area contributed by atoms with Crippen LogP contribution in [0, 0.1) is 6.92 Å². The Hall–Kier alpha value is -1.57. The van der Waals surface area contributed by atoms with Gasteiger partial charge in [-0.25, -0.2) is 0 Å². The topological polar surface area (TPSA) is 64.4 Å². The zero-order chi connectivity index (χ0) is 15.0. The third-order valence-electron chi connectivity index (χ3n) is 3.27. The molecule has 2 heterocycles. The minimum Gasteiger partial charge on any atom is -0.373 e. The van der Waals surface area contributed by atoms with E-state index in [0.29, 0.717) is 6.61 Å². The monoisotopic (exact) mass is 292 g/mol. The van der Waals surface area contributed by atoms with E-state index in [0.717, 1.165) is 12.8 Å². The second-order valence-corrected chi connectivity index (χ2v) is 5.05. The molecule has 0 bridgehead atoms. The molecule has 1 atom stereocenters. The number of nitrogens with zero attached hydrogens (tertiary/aromatic N) is 1. The van der Waals surface area contributed by atoms with E-state index < -0.39 is 29.0 Å². The summed E-state index contributed by atoms with van der Waals surface area (Å²) in [6.45, 7) is 3.84. The predicted octanol–water partition coefficient (Wildman–Crippen LogP) is 2.30. The van der Waals surface area contributed by atoms with E-state index >= 15 is 0 Å². The van der Waals surface area contributed by atoms with Gasteiger partial charge in [-0.05, 0) is 26.7 Å². The average molecular weight is 292 g/mol. The van der Waals surface area contributed by atoms with Gasteiger partial charge < -0.3 is 14.6 Å². The number of aromatic nitrogens is 1. The van der Waals surface area contributed by atoms with Crippen molar-refractivity contribution in [2.24, 2.45) is 0 Å². The van der Waals surface area contributed by atoms with Crippen LogP contribution in [0.25, 0.3) is 0 Å². The van der Waals surface area contributed by atoms with Crippen molar-refractivity contribution >= 4 is 5.91 Å². The molecule has 1 saturated heterocycles. The van der Waals surface area contributed by atoms with Crippen LogP contribution in [0.1, 0.15) is 41.6 Å². The van der Waals surface area contributed by atoms with Crippen molar-refractivity contribution in [3.8, 4) is 0 Å². The Bertz CT molecular complexity index is 505. The van der Waals surface area contributed by atoms with Gasteiger partial charge in [0, 0.05) is 13.2 Å². The van der Waals surface area contributed by atoms with E-state index in [9.17, 15) is 18.0 Å². The summed E-state index contributed by atoms with van der Waals surface area (Å²) in [5.41, 5.74) is -1.19. The number of alkyl halides is 3. The number of aryl methyl sites for hydroxylation is 1. The van der Waals surface area contributed by atoms with E-state index in [1.54, 1.807) is 0 Å². The number of ether oxygens (including phenoxy) is 1. The molecule has 1 aromatic heterocycles. The zero-order valence-corrected chi connectivity index (χ0v) is 11.1. The van der Waals surface area contributed by atoms with E-state index in [-0.39, 0.29) is 12.2 Å². The van der Waals surface area contributed by atoms with Crippen LogP contribution in [0.5, 0.6) is 0 Å². The molecule has 0 aliphatic carbocycles. The van der Waals surface area contributed by atoms with E-state index in [4.69, 9.17) is 4.74 Å². The summed E-state index contributed by atoms with van der Waals surface area (Å²) in [6, 6.07) is 0. The number of carbonyl (C=O) groups excluding carboxylic acids is 1. The number of rotatable bonds is 3. The predicted molar refractivity (Wildman–Crippen MR) is 62.2 cm³/mol. The van der Waals surface area contributed by atoms with Crippen molar-refractivity contribution in [1.29, 1.82) is 0 Å². The van der Waals surface area contributed by atoms with E-state index in [1.807, 2.05) is 6.92 Å². The molecule has 2 rings (SSSR count). The lowest BCUT2D eigenvalue weighted by molar-refractivity contribution is -0.155. The van der Waals surface area contributed by atoms with Crippen molar-refractivity contribution in [3.63, 3.8) is 0 Å². The van der Waals surface area contributed by atoms with Crippen molar-refractivity contribution < 1.29 is 27.2 Å². The summed E-state index contributed by atoms with van der Waals surface area (Å²) in [5, 5.41) is 5.67. The fourth-order valence-corrected chi connectivity index (χ4v) is 2.16. The zero-order valence-electron chi connectivity index (χ0n) is 11.1. The first-order valence-corrected chi connectivity index (χ1v) is 6.18. The van der Waals surface area contributed by atoms with Crippen molar-refractivity contribution in [2.75, 3.05) is 13.2 Å². The molecule has 0 spiro atoms. The molecule has 1 N–H and O–H groups in total. The molecule has 1 unspecified atom stereocenters. The van der Waals surface area contributed by atoms with Crippen LogP contribution >= 0.6 is 0 Å². The lowest BCUT2D eigenvalue weighted by atomic mass is 10.0. The summed E-state index contributed by atoms with van der Waals surface area (Å²) in [6.07, 6.45) is -3.13. The number of amides is 1. The summed E-state index contributed by atoms with van der Waals surface area (Å²) in [4.78, 5) is 11.9. The highest BCUT2D eigenvalue weighted by atomic mass is 19.4. The third-order valence-corrected chi connectivity index (χ3v) is 3.27. The Morgan fingerprint density at radius 2 is 2.20 bits per heavy atom. The highest BCUT2D eigenvalue weighted by molar-refractivity contribution is 5.96. The Labute approximate surface area is 113 Å². The minimum absolute atomic E-state index is 0.0904. The first kappa shape index (κ1) is 14.8. The van der Waals surface area contributed by atoms with E-state index in [2.05, 4.69) is 15.0 Å². The molecule has 1 amide bonds. The van der Waals surface area contributed by atoms with Gasteiger partial charge in [0.1, 0.15) is 5.56 Å². The smallest absolute Gasteiger partial charge is 0.373 e. The lowest BCUT2D eigenvalue weighted by Crippen LogP contribution is -2.40. The maximum absolute atomic E-state index is 12.7. The number of hydrogen-bond donors (Lipinski definition) is 1. The van der Waals surface area contributed by atoms with Crippen LogP contribution in [0.4, 0.5) is 13.2 Å². The van der Waals surface area contributed by atoms with Crippen LogP contribution in [0.15, 0.2) is 4.52 Å². The summed E-state index contributed by atoms with van der Waals surface area (Å²) in [7, 11) is 0. The summed E-state index contributed by atoms with van der Waals surface area (Å²) < 4.78 is 47.8. The van der Waals surface area contributed by atoms with Crippen LogP contribution in [0.2, 0.25) is 0 Å². The number of halogens is 3. The molecule has 8 heteroatoms. The van der Waals surface area contributed by atoms with Gasteiger partial charge in [0.25, 0.3) is 11.7 Å². The molecule has 5 nitrogen and oxygen atoms in total. The van der Waals surface area contributed by atoms with Crippen molar-refractivity contribution in [1.82, 2.24) is 10.5 Å². The van der Waals surface area contributed by atoms with E-state index in [1.165, 1.54) is 6.92 Å². The van der Waals surface area contributed by atoms with Gasteiger partial charge in [0.2, 0.25) is 0 Å². The molecular weight excluding hydrogens is 277 g/mol. The molecule has 1 fully saturated rings. The van der Waals surface area contributed by atoms with Crippen molar-refractivity contribution in [3.05, 3.63) is 17.0 Å². The quantitative estimate of drug-likeness (QED) is 0.928. The van der Waals surface area contributed by atoms with Gasteiger partial charge >= 0.3 is 6.18 Å². The third kappa shape index (κ3) is 2.95. The second-order valence-electron chi connectivity index (χ2n) is 5.05. The standard InChI is InChI=1S/C12H15F3N2O3/c1-7-8(9(20-17-7)12(13,14)15)10(18)16-6-11(2)4-3-5-19-11/h3-6H2,1-2H3,(H,16,18). The first-order chi connectivity index (χ1) is 9.23. The minimum atomic E-state index is -4.75. The van der Waals surface area contributed by atoms with Gasteiger partial charge in [0.15, 0.2) is 0 Å². The average Bonchev–Trinajstić information content (AvgIpc) is 2.93. The SMILES string of the molecule is Cc1noc(C(F)(F)F)c1C(=O)NCC1(C)CCCO1. The van der Waals surface area contributed by atoms with Gasteiger partial charge in [-0.1, -0.05) is 5.16 Å². The Balaban J connectivity index is 2.11. The Kier molecular flexibility index (Phi) is 3.77. The Morgan fingerprint density at radius 1 is 1.50 bits per heavy atom. The summed E-state index contributed by atoms with van der Waals surface area (Å²) >= 11 is 0. The van der Waals surface area contributed by atoms with Crippen LogP contribution in [-0.4, -0.2) is 29.8 Å². The molecule has 0 saturated carbocycles. The van der Waals surface area contributed by atoms with Gasteiger partial charge in [-0.3, -0.25) is 4.79 Å². The highest BCUT2D eigenvalue weighted by Crippen LogP contribution is 2.33. The van der Waals surface area contributed by atoms with Gasteiger partial charge in [-0.2, -0.15) is 13.2 Å². The highest BCUT2D eigenvalue weighted by Gasteiger charge is 2.42. The molecule has 0 aromatic carbocycles. The molecular formula is C12H15F3N2O3. The normalized spacial score (nSPS) is 23.1. The van der Waals surface area contributed by atoms with Gasteiger partial charge in [-0.15, -0.1) is 0 Å². The van der Waals surface area contributed by atoms with Crippen LogP contribution < -0.4 is 5.32 Å². The Morgan fingerprint density at radius 3 is 2.75 bits per heavy atom. The van der Waals surface area contributed by atoms with Gasteiger partial charge in [0.05, 0.1) is 11.3 Å². The maximum atomic E-state index is 12.7. The maximum Gasteiger partial charge on any atom is 0.453 e. The largest absolute Gasteiger partial charge is 0.453 e. The van der Waals surface area contributed by atoms with Crippen LogP contribution in [-0.2, 0) is 10.9 Å². The van der Waals surface area contributed by atoms with Crippen LogP contribution in [0.3, 0.4) is 0 Å². The number of nitrogens with one attached hydrogen (secondary N) is 1. The molecule has 1 aliphatic heterocycles. The number of hydrogen-bond acceptors (Lipinski definition) is 4. The van der Waals surface area contributed by atoms with Crippen molar-refractivity contribution in [2.45, 2.75) is 38.5 Å². The fourth-order valence-electron chi connectivity index (χ4n) is 2.16. The molecule has 20 heavy (non-hydrogen) atoms. The number of carbonyl (C=O) groups is 1. The molecule has 1 aromatic rings. The first-order valence-electron chi connectivity index (χ1n) is 6.18. The molecule has 0 radical (unpaired) electrons. The molecule has 1 aliphatic rings. The summed E-state index contributed by atoms with van der Waals surface area (Å²) in [5.74, 6) is -2.22. The second kappa shape index (κ2) is 5.08.